The third-order valence-electron chi connectivity index (χ3n) is 7.26. The van der Waals surface area contributed by atoms with E-state index in [1.54, 1.807) is 11.3 Å². The van der Waals surface area contributed by atoms with Gasteiger partial charge in [0.05, 0.1) is 34.7 Å². The molecule has 1 unspecified atom stereocenters. The summed E-state index contributed by atoms with van der Waals surface area (Å²) in [6, 6.07) is 9.46. The van der Waals surface area contributed by atoms with Crippen molar-refractivity contribution in [3.8, 4) is 5.88 Å². The van der Waals surface area contributed by atoms with Crippen LogP contribution < -0.4 is 15.8 Å². The topological polar surface area (TPSA) is 131 Å². The third kappa shape index (κ3) is 8.46. The highest BCUT2D eigenvalue weighted by Gasteiger charge is 2.28. The monoisotopic (exact) mass is 568 g/mol. The Labute approximate surface area is 239 Å². The van der Waals surface area contributed by atoms with Crippen molar-refractivity contribution in [3.05, 3.63) is 47.6 Å². The smallest absolute Gasteiger partial charge is 0.313 e. The number of pyridine rings is 1. The first kappa shape index (κ1) is 31.0. The summed E-state index contributed by atoms with van der Waals surface area (Å²) >= 11 is 1.68. The van der Waals surface area contributed by atoms with E-state index in [0.29, 0.717) is 24.5 Å². The van der Waals surface area contributed by atoms with Gasteiger partial charge in [0.15, 0.2) is 0 Å². The van der Waals surface area contributed by atoms with Gasteiger partial charge in [-0.25, -0.2) is 9.97 Å². The molecule has 2 aliphatic rings. The first-order valence-electron chi connectivity index (χ1n) is 13.5. The Morgan fingerprint density at radius 3 is 2.48 bits per heavy atom. The van der Waals surface area contributed by atoms with E-state index >= 15 is 0 Å². The van der Waals surface area contributed by atoms with Crippen molar-refractivity contribution < 1.29 is 19.1 Å². The summed E-state index contributed by atoms with van der Waals surface area (Å²) < 4.78 is 6.18. The van der Waals surface area contributed by atoms with Crippen molar-refractivity contribution in [2.45, 2.75) is 52.0 Å². The molecule has 3 N–H and O–H groups in total. The lowest BCUT2D eigenvalue weighted by molar-refractivity contribution is -0.144. The largest absolute Gasteiger partial charge is 0.480 e. The summed E-state index contributed by atoms with van der Waals surface area (Å²) in [5.74, 6) is -1.65. The first-order chi connectivity index (χ1) is 19.0. The van der Waals surface area contributed by atoms with Crippen molar-refractivity contribution in [1.29, 1.82) is 0 Å². The Morgan fingerprint density at radius 1 is 1.15 bits per heavy atom. The predicted molar refractivity (Wildman–Crippen MR) is 158 cm³/mol. The van der Waals surface area contributed by atoms with Crippen molar-refractivity contribution in [1.82, 2.24) is 19.8 Å². The Kier molecular flexibility index (Phi) is 11.0. The zero-order valence-corrected chi connectivity index (χ0v) is 24.8. The van der Waals surface area contributed by atoms with E-state index in [1.807, 2.05) is 30.6 Å². The number of carbonyl (C=O) groups excluding carboxylic acids is 3. The number of amides is 3. The van der Waals surface area contributed by atoms with Crippen LogP contribution in [0.2, 0.25) is 0 Å². The number of anilines is 1. The van der Waals surface area contributed by atoms with Crippen LogP contribution in [0.3, 0.4) is 0 Å². The van der Waals surface area contributed by atoms with E-state index in [2.05, 4.69) is 47.1 Å². The zero-order valence-electron chi connectivity index (χ0n) is 24.0. The lowest BCUT2D eigenvalue weighted by atomic mass is 10.0. The molecule has 3 aromatic rings. The molecule has 2 aromatic heterocycles. The molecule has 1 atom stereocenters. The number of aromatic nitrogens is 2. The first-order valence-corrected chi connectivity index (χ1v) is 14.3. The van der Waals surface area contributed by atoms with Crippen LogP contribution in [0, 0.1) is 5.92 Å². The molecule has 40 heavy (non-hydrogen) atoms. The van der Waals surface area contributed by atoms with Gasteiger partial charge in [0.1, 0.15) is 5.56 Å². The summed E-state index contributed by atoms with van der Waals surface area (Å²) in [6.45, 7) is 9.08. The molecule has 5 rings (SSSR count). The fraction of sp³-hybridized carbons (Fsp3) is 0.483. The minimum Gasteiger partial charge on any atom is -0.480 e. The number of rotatable bonds is 3. The number of fused-ring (bicyclic) bond motifs is 1. The molecule has 0 saturated carbocycles. The Morgan fingerprint density at radius 2 is 1.90 bits per heavy atom. The number of nitrogens with two attached hydrogens (primary N) is 1. The van der Waals surface area contributed by atoms with Crippen molar-refractivity contribution in [2.75, 3.05) is 39.1 Å². The van der Waals surface area contributed by atoms with Crippen LogP contribution in [0.25, 0.3) is 10.2 Å². The van der Waals surface area contributed by atoms with E-state index in [-0.39, 0.29) is 17.1 Å². The molecular weight excluding hydrogens is 528 g/mol. The van der Waals surface area contributed by atoms with Gasteiger partial charge >= 0.3 is 11.8 Å². The SMILES string of the molecule is CN1CCCC1(C)C.COc1ncc(NC(=O)C(=O)N2CCCC(C)C2)cc1C(N)=O.c1ccc2scnc2c1. The van der Waals surface area contributed by atoms with E-state index in [9.17, 15) is 14.4 Å². The highest BCUT2D eigenvalue weighted by atomic mass is 32.1. The van der Waals surface area contributed by atoms with Crippen LogP contribution in [-0.2, 0) is 9.59 Å². The Bertz CT molecular complexity index is 1280. The second-order valence-electron chi connectivity index (χ2n) is 10.8. The second-order valence-corrected chi connectivity index (χ2v) is 11.6. The minimum atomic E-state index is -0.763. The maximum absolute atomic E-state index is 12.2. The average Bonchev–Trinajstić information content (AvgIpc) is 3.54. The molecule has 11 heteroatoms. The molecule has 216 valence electrons. The Hall–Kier alpha value is -3.57. The Balaban J connectivity index is 0.000000208. The van der Waals surface area contributed by atoms with Crippen molar-refractivity contribution >= 4 is 45.0 Å². The van der Waals surface area contributed by atoms with Crippen LogP contribution in [0.1, 0.15) is 56.8 Å². The maximum Gasteiger partial charge on any atom is 0.313 e. The van der Waals surface area contributed by atoms with Crippen molar-refractivity contribution in [3.63, 3.8) is 0 Å². The van der Waals surface area contributed by atoms with Gasteiger partial charge in [0.25, 0.3) is 5.91 Å². The number of methoxy groups -OCH3 is 1. The van der Waals surface area contributed by atoms with Gasteiger partial charge in [-0.1, -0.05) is 19.1 Å². The highest BCUT2D eigenvalue weighted by molar-refractivity contribution is 7.16. The molecule has 0 spiro atoms. The number of para-hydroxylation sites is 1. The maximum atomic E-state index is 12.2. The number of thiazole rings is 1. The summed E-state index contributed by atoms with van der Waals surface area (Å²) in [6.07, 6.45) is 5.98. The third-order valence-corrected chi connectivity index (χ3v) is 8.07. The molecule has 2 aliphatic heterocycles. The average molecular weight is 569 g/mol. The quantitative estimate of drug-likeness (QED) is 0.454. The number of hydrogen-bond donors (Lipinski definition) is 2. The number of hydrogen-bond acceptors (Lipinski definition) is 8. The van der Waals surface area contributed by atoms with E-state index in [1.165, 1.54) is 48.4 Å². The number of benzene rings is 1. The summed E-state index contributed by atoms with van der Waals surface area (Å²) in [4.78, 5) is 47.6. The number of nitrogens with one attached hydrogen (secondary N) is 1. The molecule has 2 fully saturated rings. The summed E-state index contributed by atoms with van der Waals surface area (Å²) in [7, 11) is 3.56. The van der Waals surface area contributed by atoms with Gasteiger partial charge < -0.3 is 25.6 Å². The molecule has 1 aromatic carbocycles. The van der Waals surface area contributed by atoms with Crippen LogP contribution >= 0.6 is 11.3 Å². The minimum absolute atomic E-state index is 0.0318. The van der Waals surface area contributed by atoms with Gasteiger partial charge in [0.2, 0.25) is 5.88 Å². The lowest BCUT2D eigenvalue weighted by Gasteiger charge is -2.30. The molecule has 0 bridgehead atoms. The number of nitrogens with zero attached hydrogens (tertiary/aromatic N) is 4. The fourth-order valence-corrected chi connectivity index (χ4v) is 5.29. The number of likely N-dealkylation sites (tertiary alicyclic amines) is 2. The highest BCUT2D eigenvalue weighted by Crippen LogP contribution is 2.25. The zero-order chi connectivity index (χ0) is 29.3. The molecule has 0 aliphatic carbocycles. The van der Waals surface area contributed by atoms with Crippen LogP contribution in [0.15, 0.2) is 42.0 Å². The number of primary amides is 1. The molecular formula is C29H40N6O4S. The van der Waals surface area contributed by atoms with Crippen molar-refractivity contribution in [2.24, 2.45) is 11.7 Å². The summed E-state index contributed by atoms with van der Waals surface area (Å²) in [5.41, 5.74) is 8.93. The lowest BCUT2D eigenvalue weighted by Crippen LogP contribution is -2.44. The van der Waals surface area contributed by atoms with Crippen LogP contribution in [0.5, 0.6) is 5.88 Å². The van der Waals surface area contributed by atoms with Gasteiger partial charge in [-0.15, -0.1) is 11.3 Å². The van der Waals surface area contributed by atoms with Gasteiger partial charge in [0, 0.05) is 18.6 Å². The summed E-state index contributed by atoms with van der Waals surface area (Å²) in [5, 5.41) is 2.44. The molecule has 10 nitrogen and oxygen atoms in total. The van der Waals surface area contributed by atoms with E-state index in [0.717, 1.165) is 18.4 Å². The van der Waals surface area contributed by atoms with Gasteiger partial charge in [-0.05, 0) is 77.2 Å². The van der Waals surface area contributed by atoms with Crippen LogP contribution in [-0.4, -0.2) is 76.8 Å². The van der Waals surface area contributed by atoms with Gasteiger partial charge in [-0.3, -0.25) is 14.4 Å². The number of piperidine rings is 1. The fourth-order valence-electron chi connectivity index (χ4n) is 4.61. The molecule has 4 heterocycles. The van der Waals surface area contributed by atoms with Crippen LogP contribution in [0.4, 0.5) is 5.69 Å². The normalized spacial score (nSPS) is 18.1. The molecule has 2 saturated heterocycles. The standard InChI is InChI=1S/C15H20N4O4.C7H5NS.C7H15N/c1-9-4-3-5-19(8-9)15(22)13(21)18-10-6-11(12(16)20)14(23-2)17-7-10;1-2-4-7-6(3-1)8-5-9-7;1-7(2)5-4-6-8(7)3/h6-7,9H,3-5,8H2,1-2H3,(H2,16,20)(H,18,21);1-5H;4-6H2,1-3H3. The molecule has 0 radical (unpaired) electrons. The van der Waals surface area contributed by atoms with Gasteiger partial charge in [-0.2, -0.15) is 0 Å². The number of carbonyl (C=O) groups is 3. The predicted octanol–water partition coefficient (Wildman–Crippen LogP) is 4.17. The second kappa shape index (κ2) is 14.2. The molecule has 3 amide bonds. The van der Waals surface area contributed by atoms with E-state index in [4.69, 9.17) is 10.5 Å². The van der Waals surface area contributed by atoms with E-state index < -0.39 is 17.7 Å². The number of ether oxygens (including phenoxy) is 1.